The van der Waals surface area contributed by atoms with Crippen LogP contribution in [0.3, 0.4) is 0 Å². The Hall–Kier alpha value is -2.97. The van der Waals surface area contributed by atoms with Crippen LogP contribution in [0, 0.1) is 5.82 Å². The van der Waals surface area contributed by atoms with Crippen LogP contribution in [0.15, 0.2) is 64.4 Å². The maximum absolute atomic E-state index is 13.4. The highest BCUT2D eigenvalue weighted by atomic mass is 35.5. The molecule has 168 valence electrons. The second kappa shape index (κ2) is 8.52. The van der Waals surface area contributed by atoms with E-state index in [0.717, 1.165) is 12.3 Å². The van der Waals surface area contributed by atoms with Gasteiger partial charge in [-0.15, -0.1) is 0 Å². The van der Waals surface area contributed by atoms with Gasteiger partial charge in [0.05, 0.1) is 15.5 Å². The smallest absolute Gasteiger partial charge is 0.258 e. The zero-order valence-electron chi connectivity index (χ0n) is 17.9. The van der Waals surface area contributed by atoms with Crippen molar-refractivity contribution >= 4 is 33.0 Å². The van der Waals surface area contributed by atoms with Gasteiger partial charge in [-0.2, -0.15) is 0 Å². The third-order valence-electron chi connectivity index (χ3n) is 4.81. The highest BCUT2D eigenvalue weighted by Gasteiger charge is 2.23. The quantitative estimate of drug-likeness (QED) is 0.597. The van der Waals surface area contributed by atoms with Crippen molar-refractivity contribution in [1.82, 2.24) is 4.57 Å². The van der Waals surface area contributed by atoms with Crippen LogP contribution in [0.25, 0.3) is 5.69 Å². The molecule has 0 unspecified atom stereocenters. The van der Waals surface area contributed by atoms with Crippen LogP contribution in [0.1, 0.15) is 36.7 Å². The van der Waals surface area contributed by atoms with Crippen LogP contribution in [0.4, 0.5) is 10.1 Å². The predicted molar refractivity (Wildman–Crippen MR) is 123 cm³/mol. The average Bonchev–Trinajstić information content (AvgIpc) is 2.69. The number of hydrogen-bond acceptors (Lipinski definition) is 4. The standard InChI is InChI=1S/C23H22ClFN2O4S/c1-23(2,3)18-11-14(21(28)26-15-5-10-20(25)19(24)12-15)13-27(22(18)29)16-6-8-17(9-7-16)32(4,30)31/h5-13H,1-4H3,(H,26,28). The summed E-state index contributed by atoms with van der Waals surface area (Å²) in [6.07, 6.45) is 2.48. The number of nitrogens with one attached hydrogen (secondary N) is 1. The fraction of sp³-hybridized carbons (Fsp3) is 0.217. The predicted octanol–water partition coefficient (Wildman–Crippen LogP) is 4.58. The first-order chi connectivity index (χ1) is 14.8. The van der Waals surface area contributed by atoms with Gasteiger partial charge in [0.15, 0.2) is 9.84 Å². The lowest BCUT2D eigenvalue weighted by atomic mass is 9.87. The van der Waals surface area contributed by atoms with Gasteiger partial charge in [0.25, 0.3) is 11.5 Å². The molecule has 1 aromatic heterocycles. The minimum absolute atomic E-state index is 0.118. The Bertz CT molecular complexity index is 1360. The number of pyridine rings is 1. The number of anilines is 1. The molecule has 0 aliphatic carbocycles. The van der Waals surface area contributed by atoms with Crippen LogP contribution in [-0.2, 0) is 15.3 Å². The normalized spacial score (nSPS) is 11.9. The van der Waals surface area contributed by atoms with E-state index < -0.39 is 27.0 Å². The molecule has 32 heavy (non-hydrogen) atoms. The van der Waals surface area contributed by atoms with Crippen LogP contribution in [0.5, 0.6) is 0 Å². The maximum atomic E-state index is 13.4. The monoisotopic (exact) mass is 476 g/mol. The van der Waals surface area contributed by atoms with E-state index in [9.17, 15) is 22.4 Å². The topological polar surface area (TPSA) is 85.2 Å². The molecule has 0 saturated heterocycles. The molecule has 6 nitrogen and oxygen atoms in total. The number of amides is 1. The van der Waals surface area contributed by atoms with Gasteiger partial charge in [-0.1, -0.05) is 32.4 Å². The van der Waals surface area contributed by atoms with Crippen molar-refractivity contribution in [2.45, 2.75) is 31.1 Å². The van der Waals surface area contributed by atoms with Gasteiger partial charge in [0, 0.05) is 29.4 Å². The van der Waals surface area contributed by atoms with Gasteiger partial charge in [0.1, 0.15) is 5.82 Å². The first-order valence-electron chi connectivity index (χ1n) is 9.61. The average molecular weight is 477 g/mol. The second-order valence-electron chi connectivity index (χ2n) is 8.42. The summed E-state index contributed by atoms with van der Waals surface area (Å²) in [7, 11) is -3.40. The molecule has 3 rings (SSSR count). The highest BCUT2D eigenvalue weighted by Crippen LogP contribution is 2.23. The van der Waals surface area contributed by atoms with Crippen molar-refractivity contribution < 1.29 is 17.6 Å². The minimum Gasteiger partial charge on any atom is -0.322 e. The molecule has 0 aliphatic heterocycles. The molecular formula is C23H22ClFN2O4S. The van der Waals surface area contributed by atoms with Crippen molar-refractivity contribution in [2.24, 2.45) is 0 Å². The summed E-state index contributed by atoms with van der Waals surface area (Å²) in [5.74, 6) is -1.12. The molecule has 0 atom stereocenters. The maximum Gasteiger partial charge on any atom is 0.258 e. The molecule has 0 radical (unpaired) electrons. The summed E-state index contributed by atoms with van der Waals surface area (Å²) >= 11 is 5.78. The molecule has 9 heteroatoms. The van der Waals surface area contributed by atoms with E-state index in [1.54, 1.807) is 0 Å². The number of halogens is 2. The summed E-state index contributed by atoms with van der Waals surface area (Å²) in [5, 5.41) is 2.52. The van der Waals surface area contributed by atoms with E-state index >= 15 is 0 Å². The van der Waals surface area contributed by atoms with Crippen molar-refractivity contribution in [3.05, 3.63) is 87.0 Å². The summed E-state index contributed by atoms with van der Waals surface area (Å²) < 4.78 is 38.2. The molecule has 0 fully saturated rings. The zero-order chi connectivity index (χ0) is 23.8. The summed E-state index contributed by atoms with van der Waals surface area (Å²) in [5.41, 5.74) is 0.407. The molecule has 3 aromatic rings. The molecular weight excluding hydrogens is 455 g/mol. The Labute approximate surface area is 190 Å². The van der Waals surface area contributed by atoms with Crippen molar-refractivity contribution in [3.8, 4) is 5.69 Å². The number of sulfone groups is 1. The largest absolute Gasteiger partial charge is 0.322 e. The van der Waals surface area contributed by atoms with Crippen LogP contribution in [0.2, 0.25) is 5.02 Å². The molecule has 1 N–H and O–H groups in total. The first-order valence-corrected chi connectivity index (χ1v) is 11.9. The van der Waals surface area contributed by atoms with E-state index in [-0.39, 0.29) is 21.0 Å². The Morgan fingerprint density at radius 2 is 1.69 bits per heavy atom. The Morgan fingerprint density at radius 1 is 1.06 bits per heavy atom. The van der Waals surface area contributed by atoms with Crippen LogP contribution in [-0.4, -0.2) is 25.1 Å². The summed E-state index contributed by atoms with van der Waals surface area (Å²) in [6.45, 7) is 5.55. The number of aromatic nitrogens is 1. The third kappa shape index (κ3) is 5.08. The van der Waals surface area contributed by atoms with E-state index in [1.807, 2.05) is 20.8 Å². The molecule has 1 amide bonds. The van der Waals surface area contributed by atoms with Gasteiger partial charge in [-0.05, 0) is 53.9 Å². The fourth-order valence-electron chi connectivity index (χ4n) is 3.07. The number of carbonyl (C=O) groups is 1. The SMILES string of the molecule is CC(C)(C)c1cc(C(=O)Nc2ccc(F)c(Cl)c2)cn(-c2ccc(S(C)(=O)=O)cc2)c1=O. The Kier molecular flexibility index (Phi) is 6.31. The second-order valence-corrected chi connectivity index (χ2v) is 10.8. The first kappa shape index (κ1) is 23.7. The van der Waals surface area contributed by atoms with Gasteiger partial charge >= 0.3 is 0 Å². The lowest BCUT2D eigenvalue weighted by Gasteiger charge is -2.21. The lowest BCUT2D eigenvalue weighted by molar-refractivity contribution is 0.102. The van der Waals surface area contributed by atoms with Gasteiger partial charge in [-0.25, -0.2) is 12.8 Å². The van der Waals surface area contributed by atoms with E-state index in [1.165, 1.54) is 53.2 Å². The summed E-state index contributed by atoms with van der Waals surface area (Å²) in [6, 6.07) is 11.1. The zero-order valence-corrected chi connectivity index (χ0v) is 19.5. The molecule has 0 spiro atoms. The Balaban J connectivity index is 2.10. The highest BCUT2D eigenvalue weighted by molar-refractivity contribution is 7.90. The molecule has 0 bridgehead atoms. The van der Waals surface area contributed by atoms with Crippen molar-refractivity contribution in [1.29, 1.82) is 0 Å². The minimum atomic E-state index is -3.40. The summed E-state index contributed by atoms with van der Waals surface area (Å²) in [4.78, 5) is 26.2. The Morgan fingerprint density at radius 3 is 2.22 bits per heavy atom. The molecule has 1 heterocycles. The number of rotatable bonds is 4. The van der Waals surface area contributed by atoms with Crippen molar-refractivity contribution in [2.75, 3.05) is 11.6 Å². The number of carbonyl (C=O) groups excluding carboxylic acids is 1. The van der Waals surface area contributed by atoms with Crippen LogP contribution < -0.4 is 10.9 Å². The molecule has 0 aliphatic rings. The van der Waals surface area contributed by atoms with Gasteiger partial charge < -0.3 is 5.32 Å². The molecule has 2 aromatic carbocycles. The van der Waals surface area contributed by atoms with Crippen molar-refractivity contribution in [3.63, 3.8) is 0 Å². The number of nitrogens with zero attached hydrogens (tertiary/aromatic N) is 1. The molecule has 0 saturated carbocycles. The third-order valence-corrected chi connectivity index (χ3v) is 6.23. The number of hydrogen-bond donors (Lipinski definition) is 1. The number of benzene rings is 2. The fourth-order valence-corrected chi connectivity index (χ4v) is 3.88. The van der Waals surface area contributed by atoms with E-state index in [0.29, 0.717) is 16.9 Å². The van der Waals surface area contributed by atoms with Gasteiger partial charge in [0.2, 0.25) is 0 Å². The lowest BCUT2D eigenvalue weighted by Crippen LogP contribution is -2.31. The van der Waals surface area contributed by atoms with Gasteiger partial charge in [-0.3, -0.25) is 14.2 Å². The van der Waals surface area contributed by atoms with Crippen LogP contribution >= 0.6 is 11.6 Å². The van der Waals surface area contributed by atoms with E-state index in [4.69, 9.17) is 11.6 Å². The van der Waals surface area contributed by atoms with E-state index in [2.05, 4.69) is 5.32 Å².